The number of amides is 1. The van der Waals surface area contributed by atoms with Crippen LogP contribution in [0.3, 0.4) is 0 Å². The molecule has 0 spiro atoms. The molecule has 116 valence electrons. The summed E-state index contributed by atoms with van der Waals surface area (Å²) in [5.74, 6) is -1.11. The lowest BCUT2D eigenvalue weighted by molar-refractivity contribution is -0.140. The van der Waals surface area contributed by atoms with Crippen molar-refractivity contribution in [1.82, 2.24) is 14.5 Å². The number of piperazine rings is 1. The summed E-state index contributed by atoms with van der Waals surface area (Å²) in [5.41, 5.74) is 0. The van der Waals surface area contributed by atoms with Gasteiger partial charge in [0.1, 0.15) is 0 Å². The second-order valence-electron chi connectivity index (χ2n) is 4.60. The third-order valence-electron chi connectivity index (χ3n) is 3.24. The number of hydrogen-bond acceptors (Lipinski definition) is 6. The zero-order valence-electron chi connectivity index (χ0n) is 12.0. The van der Waals surface area contributed by atoms with Gasteiger partial charge in [0.15, 0.2) is 5.25 Å². The topological polar surface area (TPSA) is 96.0 Å². The summed E-state index contributed by atoms with van der Waals surface area (Å²) in [4.78, 5) is 24.9. The smallest absolute Gasteiger partial charge is 0.325 e. The zero-order valence-corrected chi connectivity index (χ0v) is 12.8. The largest absolute Gasteiger partial charge is 0.468 e. The minimum Gasteiger partial charge on any atom is -0.468 e. The fraction of sp³-hybridized carbons (Fsp3) is 0.818. The summed E-state index contributed by atoms with van der Waals surface area (Å²) in [6.07, 6.45) is 0. The Labute approximate surface area is 119 Å². The molecule has 0 bridgehead atoms. The molecule has 1 fully saturated rings. The van der Waals surface area contributed by atoms with Gasteiger partial charge in [-0.1, -0.05) is 0 Å². The number of methoxy groups -OCH3 is 1. The molecule has 0 aromatic carbocycles. The van der Waals surface area contributed by atoms with Crippen LogP contribution >= 0.6 is 0 Å². The number of hydrogen-bond donors (Lipinski definition) is 1. The molecule has 0 radical (unpaired) electrons. The highest BCUT2D eigenvalue weighted by Crippen LogP contribution is 2.09. The summed E-state index contributed by atoms with van der Waals surface area (Å²) in [6, 6.07) is 0. The standard InChI is InChI=1S/C11H21N3O5S/c1-9(11(16)19-3)20(17,18)13(2)8-10(15)14-6-4-12-5-7-14/h9,12H,4-8H2,1-3H3. The Morgan fingerprint density at radius 3 is 2.40 bits per heavy atom. The summed E-state index contributed by atoms with van der Waals surface area (Å²) < 4.78 is 29.5. The van der Waals surface area contributed by atoms with Crippen LogP contribution in [0.15, 0.2) is 0 Å². The van der Waals surface area contributed by atoms with Crippen molar-refractivity contribution in [2.45, 2.75) is 12.2 Å². The summed E-state index contributed by atoms with van der Waals surface area (Å²) in [7, 11) is -1.48. The van der Waals surface area contributed by atoms with Crippen molar-refractivity contribution < 1.29 is 22.7 Å². The maximum Gasteiger partial charge on any atom is 0.325 e. The molecule has 20 heavy (non-hydrogen) atoms. The van der Waals surface area contributed by atoms with Gasteiger partial charge in [0.25, 0.3) is 0 Å². The lowest BCUT2D eigenvalue weighted by Crippen LogP contribution is -2.51. The van der Waals surface area contributed by atoms with E-state index in [2.05, 4.69) is 10.1 Å². The van der Waals surface area contributed by atoms with Crippen molar-refractivity contribution in [2.75, 3.05) is 46.9 Å². The fourth-order valence-corrected chi connectivity index (χ4v) is 3.02. The first-order valence-corrected chi connectivity index (χ1v) is 7.82. The number of rotatable bonds is 5. The van der Waals surface area contributed by atoms with Gasteiger partial charge in [-0.05, 0) is 6.92 Å². The van der Waals surface area contributed by atoms with E-state index in [1.165, 1.54) is 14.0 Å². The van der Waals surface area contributed by atoms with Crippen LogP contribution in [0.5, 0.6) is 0 Å². The van der Waals surface area contributed by atoms with Crippen molar-refractivity contribution in [3.63, 3.8) is 0 Å². The van der Waals surface area contributed by atoms with Crippen molar-refractivity contribution in [3.05, 3.63) is 0 Å². The lowest BCUT2D eigenvalue weighted by Gasteiger charge is -2.29. The van der Waals surface area contributed by atoms with E-state index in [-0.39, 0.29) is 12.5 Å². The maximum atomic E-state index is 12.1. The zero-order chi connectivity index (χ0) is 15.3. The molecule has 0 aromatic heterocycles. The minimum absolute atomic E-state index is 0.269. The molecular formula is C11H21N3O5S. The molecule has 0 saturated carbocycles. The van der Waals surface area contributed by atoms with Gasteiger partial charge in [0.05, 0.1) is 13.7 Å². The number of ether oxygens (including phenoxy) is 1. The SMILES string of the molecule is COC(=O)C(C)S(=O)(=O)N(C)CC(=O)N1CCNCC1. The summed E-state index contributed by atoms with van der Waals surface area (Å²) in [5, 5.41) is 1.78. The van der Waals surface area contributed by atoms with Crippen molar-refractivity contribution in [2.24, 2.45) is 0 Å². The molecule has 1 saturated heterocycles. The van der Waals surface area contributed by atoms with Crippen LogP contribution in [0.1, 0.15) is 6.92 Å². The predicted octanol–water partition coefficient (Wildman–Crippen LogP) is -1.76. The summed E-state index contributed by atoms with van der Waals surface area (Å²) in [6.45, 7) is 3.47. The van der Waals surface area contributed by atoms with Crippen LogP contribution in [0.25, 0.3) is 0 Å². The Morgan fingerprint density at radius 1 is 1.35 bits per heavy atom. The number of nitrogens with zero attached hydrogens (tertiary/aromatic N) is 2. The first kappa shape index (κ1) is 16.9. The molecule has 1 aliphatic heterocycles. The maximum absolute atomic E-state index is 12.1. The predicted molar refractivity (Wildman–Crippen MR) is 72.5 cm³/mol. The molecule has 9 heteroatoms. The average molecular weight is 307 g/mol. The molecule has 1 unspecified atom stereocenters. The highest BCUT2D eigenvalue weighted by atomic mass is 32.2. The highest BCUT2D eigenvalue weighted by molar-refractivity contribution is 7.90. The third kappa shape index (κ3) is 3.90. The van der Waals surface area contributed by atoms with E-state index in [1.807, 2.05) is 0 Å². The number of carbonyl (C=O) groups is 2. The number of nitrogens with one attached hydrogen (secondary N) is 1. The van der Waals surface area contributed by atoms with Crippen LogP contribution in [-0.4, -0.2) is 81.6 Å². The van der Waals surface area contributed by atoms with Crippen LogP contribution in [0.2, 0.25) is 0 Å². The normalized spacial score (nSPS) is 17.9. The van der Waals surface area contributed by atoms with E-state index in [1.54, 1.807) is 4.90 Å². The van der Waals surface area contributed by atoms with Gasteiger partial charge < -0.3 is 15.0 Å². The van der Waals surface area contributed by atoms with E-state index in [0.717, 1.165) is 11.4 Å². The van der Waals surface area contributed by atoms with Gasteiger partial charge in [-0.25, -0.2) is 8.42 Å². The Morgan fingerprint density at radius 2 is 1.90 bits per heavy atom. The van der Waals surface area contributed by atoms with Gasteiger partial charge in [0, 0.05) is 33.2 Å². The van der Waals surface area contributed by atoms with Crippen molar-refractivity contribution >= 4 is 21.9 Å². The van der Waals surface area contributed by atoms with Gasteiger partial charge in [-0.2, -0.15) is 4.31 Å². The van der Waals surface area contributed by atoms with Gasteiger partial charge in [-0.3, -0.25) is 9.59 Å². The molecule has 1 N–H and O–H groups in total. The van der Waals surface area contributed by atoms with Crippen LogP contribution in [0.4, 0.5) is 0 Å². The van der Waals surface area contributed by atoms with Crippen LogP contribution < -0.4 is 5.32 Å². The molecular weight excluding hydrogens is 286 g/mol. The first-order valence-electron chi connectivity index (χ1n) is 6.32. The van der Waals surface area contributed by atoms with Crippen LogP contribution in [0, 0.1) is 0 Å². The van der Waals surface area contributed by atoms with E-state index < -0.39 is 21.2 Å². The monoisotopic (exact) mass is 307 g/mol. The quantitative estimate of drug-likeness (QED) is 0.605. The Balaban J connectivity index is 2.66. The molecule has 8 nitrogen and oxygen atoms in total. The van der Waals surface area contributed by atoms with Gasteiger partial charge in [0.2, 0.25) is 15.9 Å². The Kier molecular flexibility index (Phi) is 5.90. The second kappa shape index (κ2) is 7.00. The third-order valence-corrected chi connectivity index (χ3v) is 5.33. The molecule has 1 atom stereocenters. The fourth-order valence-electron chi connectivity index (χ4n) is 1.85. The molecule has 1 rings (SSSR count). The molecule has 1 amide bonds. The Hall–Kier alpha value is -1.19. The van der Waals surface area contributed by atoms with Crippen LogP contribution in [-0.2, 0) is 24.3 Å². The molecule has 1 aliphatic rings. The molecule has 0 aromatic rings. The van der Waals surface area contributed by atoms with Crippen molar-refractivity contribution in [3.8, 4) is 0 Å². The van der Waals surface area contributed by atoms with E-state index in [4.69, 9.17) is 0 Å². The van der Waals surface area contributed by atoms with E-state index in [9.17, 15) is 18.0 Å². The molecule has 1 heterocycles. The van der Waals surface area contributed by atoms with Gasteiger partial charge in [-0.15, -0.1) is 0 Å². The summed E-state index contributed by atoms with van der Waals surface area (Å²) >= 11 is 0. The molecule has 0 aliphatic carbocycles. The second-order valence-corrected chi connectivity index (χ2v) is 6.96. The number of likely N-dealkylation sites (N-methyl/N-ethyl adjacent to an activating group) is 1. The van der Waals surface area contributed by atoms with E-state index in [0.29, 0.717) is 26.2 Å². The highest BCUT2D eigenvalue weighted by Gasteiger charge is 2.34. The Bertz CT molecular complexity index is 459. The van der Waals surface area contributed by atoms with Crippen molar-refractivity contribution in [1.29, 1.82) is 0 Å². The lowest BCUT2D eigenvalue weighted by atomic mass is 10.3. The number of esters is 1. The van der Waals surface area contributed by atoms with Gasteiger partial charge >= 0.3 is 5.97 Å². The minimum atomic E-state index is -3.89. The number of sulfonamides is 1. The number of carbonyl (C=O) groups excluding carboxylic acids is 2. The first-order chi connectivity index (χ1) is 9.30. The average Bonchev–Trinajstić information content (AvgIpc) is 2.46. The van der Waals surface area contributed by atoms with E-state index >= 15 is 0 Å².